The third-order valence-corrected chi connectivity index (χ3v) is 4.25. The number of nitrogens with zero attached hydrogens (tertiary/aromatic N) is 1. The molecule has 1 saturated heterocycles. The van der Waals surface area contributed by atoms with E-state index in [4.69, 9.17) is 0 Å². The molecule has 0 aromatic rings. The molecule has 21 heavy (non-hydrogen) atoms. The van der Waals surface area contributed by atoms with Gasteiger partial charge in [-0.25, -0.2) is 0 Å². The first-order valence-electron chi connectivity index (χ1n) is 8.25. The van der Waals surface area contributed by atoms with Gasteiger partial charge in [0.15, 0.2) is 0 Å². The molecule has 1 heterocycles. The third kappa shape index (κ3) is 3.98. The van der Waals surface area contributed by atoms with Crippen LogP contribution in [-0.2, 0) is 9.59 Å². The van der Waals surface area contributed by atoms with E-state index in [9.17, 15) is 9.59 Å². The highest BCUT2D eigenvalue weighted by atomic mass is 16.2. The highest BCUT2D eigenvalue weighted by Crippen LogP contribution is 2.30. The molecule has 1 N–H and O–H groups in total. The molecule has 1 aliphatic rings. The molecule has 4 nitrogen and oxygen atoms in total. The molecule has 2 atom stereocenters. The minimum absolute atomic E-state index is 0.000530. The van der Waals surface area contributed by atoms with Crippen molar-refractivity contribution >= 4 is 11.8 Å². The van der Waals surface area contributed by atoms with Crippen molar-refractivity contribution in [3.05, 3.63) is 0 Å². The molecule has 1 rings (SSSR count). The van der Waals surface area contributed by atoms with Gasteiger partial charge in [-0.2, -0.15) is 0 Å². The van der Waals surface area contributed by atoms with Gasteiger partial charge in [0.05, 0.1) is 0 Å². The summed E-state index contributed by atoms with van der Waals surface area (Å²) in [5.41, 5.74) is -0.284. The lowest BCUT2D eigenvalue weighted by atomic mass is 9.86. The maximum atomic E-state index is 13.0. The van der Waals surface area contributed by atoms with Crippen molar-refractivity contribution in [3.63, 3.8) is 0 Å². The molecule has 1 aliphatic heterocycles. The fraction of sp³-hybridized carbons (Fsp3) is 0.882. The van der Waals surface area contributed by atoms with Crippen molar-refractivity contribution in [1.82, 2.24) is 10.2 Å². The summed E-state index contributed by atoms with van der Waals surface area (Å²) in [6.07, 6.45) is 2.61. The predicted octanol–water partition coefficient (Wildman–Crippen LogP) is 2.96. The summed E-state index contributed by atoms with van der Waals surface area (Å²) in [5, 5.41) is 2.94. The van der Waals surface area contributed by atoms with Crippen LogP contribution in [0.1, 0.15) is 67.7 Å². The zero-order chi connectivity index (χ0) is 16.4. The van der Waals surface area contributed by atoms with E-state index < -0.39 is 0 Å². The van der Waals surface area contributed by atoms with Crippen molar-refractivity contribution in [3.8, 4) is 0 Å². The molecule has 2 amide bonds. The highest BCUT2D eigenvalue weighted by molar-refractivity contribution is 5.97. The van der Waals surface area contributed by atoms with Crippen LogP contribution >= 0.6 is 0 Å². The van der Waals surface area contributed by atoms with E-state index in [0.717, 1.165) is 12.8 Å². The number of hydrogen-bond donors (Lipinski definition) is 1. The van der Waals surface area contributed by atoms with E-state index in [-0.39, 0.29) is 35.4 Å². The minimum atomic E-state index is -0.372. The second-order valence-electron chi connectivity index (χ2n) is 7.65. The van der Waals surface area contributed by atoms with Gasteiger partial charge in [0.1, 0.15) is 12.1 Å². The number of piperazine rings is 1. The van der Waals surface area contributed by atoms with Crippen LogP contribution in [0.25, 0.3) is 0 Å². The maximum absolute atomic E-state index is 13.0. The van der Waals surface area contributed by atoms with Crippen LogP contribution in [0.5, 0.6) is 0 Å². The van der Waals surface area contributed by atoms with Crippen LogP contribution in [0.3, 0.4) is 0 Å². The second kappa shape index (κ2) is 6.80. The van der Waals surface area contributed by atoms with E-state index in [2.05, 4.69) is 39.9 Å². The van der Waals surface area contributed by atoms with Gasteiger partial charge >= 0.3 is 0 Å². The topological polar surface area (TPSA) is 49.4 Å². The molecule has 0 aromatic carbocycles. The van der Waals surface area contributed by atoms with Gasteiger partial charge in [0, 0.05) is 5.54 Å². The lowest BCUT2D eigenvalue weighted by Gasteiger charge is -2.49. The van der Waals surface area contributed by atoms with Gasteiger partial charge in [-0.3, -0.25) is 9.59 Å². The van der Waals surface area contributed by atoms with Crippen LogP contribution in [0.15, 0.2) is 0 Å². The molecule has 122 valence electrons. The Hall–Kier alpha value is -1.06. The van der Waals surface area contributed by atoms with Crippen molar-refractivity contribution in [1.29, 1.82) is 0 Å². The van der Waals surface area contributed by atoms with Crippen LogP contribution in [0.4, 0.5) is 0 Å². The van der Waals surface area contributed by atoms with Crippen LogP contribution in [0, 0.1) is 11.8 Å². The van der Waals surface area contributed by atoms with Crippen molar-refractivity contribution in [2.24, 2.45) is 11.8 Å². The van der Waals surface area contributed by atoms with Crippen molar-refractivity contribution in [2.75, 3.05) is 0 Å². The highest BCUT2D eigenvalue weighted by Gasteiger charge is 2.47. The van der Waals surface area contributed by atoms with Crippen LogP contribution in [0.2, 0.25) is 0 Å². The Balaban J connectivity index is 3.15. The van der Waals surface area contributed by atoms with Gasteiger partial charge in [0.25, 0.3) is 0 Å². The van der Waals surface area contributed by atoms with Gasteiger partial charge in [-0.15, -0.1) is 0 Å². The van der Waals surface area contributed by atoms with Gasteiger partial charge in [0.2, 0.25) is 11.8 Å². The molecular formula is C17H32N2O2. The summed E-state index contributed by atoms with van der Waals surface area (Å²) < 4.78 is 0. The molecule has 0 spiro atoms. The van der Waals surface area contributed by atoms with Crippen LogP contribution in [-0.4, -0.2) is 34.3 Å². The van der Waals surface area contributed by atoms with E-state index in [1.807, 2.05) is 18.7 Å². The molecule has 2 unspecified atom stereocenters. The first-order chi connectivity index (χ1) is 9.61. The summed E-state index contributed by atoms with van der Waals surface area (Å²) in [6.45, 7) is 14.4. The Morgan fingerprint density at radius 1 is 1.19 bits per heavy atom. The monoisotopic (exact) mass is 296 g/mol. The SMILES string of the molecule is CCCC(C)(C)N1C(=O)C(CC(C)C)NC(=O)C1C(C)C. The van der Waals surface area contributed by atoms with E-state index in [1.54, 1.807) is 0 Å². The Kier molecular flexibility index (Phi) is 5.83. The second-order valence-corrected chi connectivity index (χ2v) is 7.65. The molecular weight excluding hydrogens is 264 g/mol. The summed E-state index contributed by atoms with van der Waals surface area (Å²) in [7, 11) is 0. The Bertz CT molecular complexity index is 388. The number of nitrogens with one attached hydrogen (secondary N) is 1. The zero-order valence-electron chi connectivity index (χ0n) is 14.7. The summed E-state index contributed by atoms with van der Waals surface area (Å²) >= 11 is 0. The van der Waals surface area contributed by atoms with Crippen molar-refractivity contribution < 1.29 is 9.59 Å². The largest absolute Gasteiger partial charge is 0.342 e. The fourth-order valence-corrected chi connectivity index (χ4v) is 3.38. The average molecular weight is 296 g/mol. The third-order valence-electron chi connectivity index (χ3n) is 4.25. The number of hydrogen-bond acceptors (Lipinski definition) is 2. The number of carbonyl (C=O) groups is 2. The molecule has 0 aliphatic carbocycles. The van der Waals surface area contributed by atoms with E-state index in [1.165, 1.54) is 0 Å². The standard InChI is InChI=1S/C17H32N2O2/c1-8-9-17(6,7)19-14(12(4)5)15(20)18-13(16(19)21)10-11(2)3/h11-14H,8-10H2,1-7H3,(H,18,20). The minimum Gasteiger partial charge on any atom is -0.342 e. The first kappa shape index (κ1) is 18.0. The molecule has 4 heteroatoms. The number of carbonyl (C=O) groups excluding carboxylic acids is 2. The summed E-state index contributed by atoms with van der Waals surface area (Å²) in [4.78, 5) is 27.4. The lowest BCUT2D eigenvalue weighted by molar-refractivity contribution is -0.159. The quantitative estimate of drug-likeness (QED) is 0.819. The number of amides is 2. The predicted molar refractivity (Wildman–Crippen MR) is 85.8 cm³/mol. The average Bonchev–Trinajstić information content (AvgIpc) is 2.31. The number of rotatable bonds is 6. The maximum Gasteiger partial charge on any atom is 0.246 e. The molecule has 1 fully saturated rings. The fourth-order valence-electron chi connectivity index (χ4n) is 3.38. The smallest absolute Gasteiger partial charge is 0.246 e. The molecule has 0 radical (unpaired) electrons. The van der Waals surface area contributed by atoms with Gasteiger partial charge in [-0.05, 0) is 38.5 Å². The van der Waals surface area contributed by atoms with E-state index in [0.29, 0.717) is 12.3 Å². The molecule has 0 aromatic heterocycles. The Morgan fingerprint density at radius 3 is 2.19 bits per heavy atom. The van der Waals surface area contributed by atoms with Gasteiger partial charge in [-0.1, -0.05) is 41.0 Å². The Morgan fingerprint density at radius 2 is 1.76 bits per heavy atom. The summed E-state index contributed by atoms with van der Waals surface area (Å²) in [6, 6.07) is -0.730. The first-order valence-corrected chi connectivity index (χ1v) is 8.25. The molecule has 0 saturated carbocycles. The van der Waals surface area contributed by atoms with Crippen LogP contribution < -0.4 is 5.32 Å². The summed E-state index contributed by atoms with van der Waals surface area (Å²) in [5.74, 6) is 0.580. The van der Waals surface area contributed by atoms with E-state index >= 15 is 0 Å². The zero-order valence-corrected chi connectivity index (χ0v) is 14.7. The molecule has 0 bridgehead atoms. The lowest BCUT2D eigenvalue weighted by Crippen LogP contribution is -2.69. The normalized spacial score (nSPS) is 24.0. The van der Waals surface area contributed by atoms with Gasteiger partial charge < -0.3 is 10.2 Å². The van der Waals surface area contributed by atoms with Crippen molar-refractivity contribution in [2.45, 2.75) is 85.4 Å². The Labute approximate surface area is 129 Å².